The summed E-state index contributed by atoms with van der Waals surface area (Å²) in [5, 5.41) is 0. The number of ether oxygens (including phenoxy) is 1. The van der Waals surface area contributed by atoms with Gasteiger partial charge in [-0.25, -0.2) is 0 Å². The van der Waals surface area contributed by atoms with Gasteiger partial charge < -0.3 is 9.64 Å². The number of nitrogens with zero attached hydrogens (tertiary/aromatic N) is 2. The Morgan fingerprint density at radius 1 is 0.636 bits per heavy atom. The van der Waals surface area contributed by atoms with Crippen LogP contribution in [0.4, 0.5) is 11.4 Å². The summed E-state index contributed by atoms with van der Waals surface area (Å²) in [6.07, 6.45) is 11.2. The van der Waals surface area contributed by atoms with Crippen LogP contribution in [0.5, 0.6) is 5.75 Å². The van der Waals surface area contributed by atoms with Gasteiger partial charge in [-0.15, -0.1) is 0 Å². The van der Waals surface area contributed by atoms with Crippen molar-refractivity contribution in [3.05, 3.63) is 191 Å². The first kappa shape index (κ1) is 36.6. The lowest BCUT2D eigenvalue weighted by Gasteiger charge is -2.26. The molecule has 3 nitrogen and oxygen atoms in total. The fourth-order valence-electron chi connectivity index (χ4n) is 8.76. The Morgan fingerprint density at radius 3 is 1.89 bits per heavy atom. The Kier molecular flexibility index (Phi) is 10.0. The molecule has 5 aromatic carbocycles. The highest BCUT2D eigenvalue weighted by Crippen LogP contribution is 2.48. The van der Waals surface area contributed by atoms with Crippen molar-refractivity contribution in [2.45, 2.75) is 79.9 Å². The van der Waals surface area contributed by atoms with Crippen molar-refractivity contribution in [1.29, 1.82) is 0 Å². The molecule has 3 aliphatic rings. The molecule has 5 aromatic rings. The minimum absolute atomic E-state index is 0.0935. The van der Waals surface area contributed by atoms with Crippen molar-refractivity contribution in [2.75, 3.05) is 18.0 Å². The smallest absolute Gasteiger partial charge is 0.209 e. The van der Waals surface area contributed by atoms with Gasteiger partial charge >= 0.3 is 0 Å². The summed E-state index contributed by atoms with van der Waals surface area (Å²) in [5.41, 5.74) is 10.3. The van der Waals surface area contributed by atoms with E-state index in [-0.39, 0.29) is 21.7 Å². The summed E-state index contributed by atoms with van der Waals surface area (Å²) < 4.78 is 9.48. The summed E-state index contributed by atoms with van der Waals surface area (Å²) in [5.74, 6) is 1.83. The lowest BCUT2D eigenvalue weighted by atomic mass is 9.81. The first-order chi connectivity index (χ1) is 26.7. The van der Waals surface area contributed by atoms with E-state index in [0.29, 0.717) is 0 Å². The van der Waals surface area contributed by atoms with Gasteiger partial charge in [0.1, 0.15) is 18.1 Å². The lowest BCUT2D eigenvalue weighted by Crippen LogP contribution is -2.27. The molecular formula is C51H52N2OS+2. The number of para-hydroxylation sites is 2. The standard InChI is InChI=1S/C51H52N2OS/c1-7-52-45-25-17-15-23-43(45)50(3,4)47(52)35-29-37-27-28-38(30-36-48-51(5,6)44-24-16-18-26-46(44)53(48)8-2)49(37)54-39-31-33-42(34-32-39)55(40-19-11-9-12-20-40)41-21-13-10-14-22-41/h9-26,29-36H,7-8,27-28H2,1-6H3/q+2. The predicted molar refractivity (Wildman–Crippen MR) is 231 cm³/mol. The van der Waals surface area contributed by atoms with Crippen LogP contribution in [0.15, 0.2) is 195 Å². The molecule has 55 heavy (non-hydrogen) atoms. The highest BCUT2D eigenvalue weighted by Gasteiger charge is 2.44. The number of benzene rings is 5. The monoisotopic (exact) mass is 740 g/mol. The number of anilines is 1. The molecular weight excluding hydrogens is 689 g/mol. The zero-order chi connectivity index (χ0) is 38.2. The highest BCUT2D eigenvalue weighted by molar-refractivity contribution is 7.97. The SMILES string of the molecule is CCN1/C(=C/C=C2\CCC(/C=C/C3=[N+](CC)c4ccccc4C3(C)C)=C2Oc2ccc([S+](c3ccccc3)c3ccccc3)cc2)C(C)(C)c2ccccc21. The minimum Gasteiger partial charge on any atom is -0.457 e. The second kappa shape index (κ2) is 15.1. The molecule has 0 radical (unpaired) electrons. The molecule has 0 bridgehead atoms. The third-order valence-electron chi connectivity index (χ3n) is 11.6. The molecule has 1 aliphatic carbocycles. The summed E-state index contributed by atoms with van der Waals surface area (Å²) >= 11 is 0. The van der Waals surface area contributed by atoms with Crippen LogP contribution in [0.2, 0.25) is 0 Å². The van der Waals surface area contributed by atoms with Gasteiger partial charge in [0, 0.05) is 41.1 Å². The Hall–Kier alpha value is -5.32. The van der Waals surface area contributed by atoms with E-state index in [0.717, 1.165) is 37.4 Å². The van der Waals surface area contributed by atoms with Crippen molar-refractivity contribution >= 4 is 28.0 Å². The van der Waals surface area contributed by atoms with E-state index < -0.39 is 0 Å². The van der Waals surface area contributed by atoms with Gasteiger partial charge in [-0.2, -0.15) is 4.58 Å². The van der Waals surface area contributed by atoms with Crippen molar-refractivity contribution in [3.63, 3.8) is 0 Å². The number of hydrogen-bond acceptors (Lipinski definition) is 2. The molecule has 8 rings (SSSR count). The second-order valence-corrected chi connectivity index (χ2v) is 17.6. The van der Waals surface area contributed by atoms with Gasteiger partial charge in [0.25, 0.3) is 0 Å². The van der Waals surface area contributed by atoms with Crippen LogP contribution in [0.25, 0.3) is 0 Å². The van der Waals surface area contributed by atoms with Crippen LogP contribution in [0, 0.1) is 0 Å². The number of rotatable bonds is 10. The molecule has 2 aliphatic heterocycles. The van der Waals surface area contributed by atoms with E-state index >= 15 is 0 Å². The Bertz CT molecular complexity index is 2320. The van der Waals surface area contributed by atoms with Gasteiger partial charge in [0.2, 0.25) is 5.69 Å². The van der Waals surface area contributed by atoms with Crippen LogP contribution < -0.4 is 9.64 Å². The van der Waals surface area contributed by atoms with E-state index in [9.17, 15) is 0 Å². The molecule has 0 N–H and O–H groups in total. The zero-order valence-electron chi connectivity index (χ0n) is 33.1. The quantitative estimate of drug-likeness (QED) is 0.105. The molecule has 4 heteroatoms. The number of fused-ring (bicyclic) bond motifs is 2. The normalized spacial score (nSPS) is 18.6. The Balaban J connectivity index is 1.18. The summed E-state index contributed by atoms with van der Waals surface area (Å²) in [6.45, 7) is 15.7. The van der Waals surface area contributed by atoms with E-state index in [1.807, 2.05) is 0 Å². The zero-order valence-corrected chi connectivity index (χ0v) is 33.9. The van der Waals surface area contributed by atoms with Crippen LogP contribution in [-0.4, -0.2) is 23.4 Å². The van der Waals surface area contributed by atoms with E-state index in [1.54, 1.807) is 0 Å². The molecule has 0 aromatic heterocycles. The molecule has 0 amide bonds. The van der Waals surface area contributed by atoms with Crippen LogP contribution >= 0.6 is 0 Å². The topological polar surface area (TPSA) is 15.5 Å². The molecule has 0 spiro atoms. The Morgan fingerprint density at radius 2 is 1.24 bits per heavy atom. The van der Waals surface area contributed by atoms with Gasteiger partial charge in [-0.05, 0) is 124 Å². The second-order valence-electron chi connectivity index (χ2n) is 15.6. The maximum absolute atomic E-state index is 7.01. The third kappa shape index (κ3) is 6.72. The molecule has 0 unspecified atom stereocenters. The average Bonchev–Trinajstić information content (AvgIpc) is 3.77. The first-order valence-electron chi connectivity index (χ1n) is 19.8. The number of likely N-dealkylation sites (N-methyl/N-ethyl adjacent to an activating group) is 1. The van der Waals surface area contributed by atoms with Crippen molar-refractivity contribution < 1.29 is 9.31 Å². The number of hydrogen-bond donors (Lipinski definition) is 0. The first-order valence-corrected chi connectivity index (χ1v) is 21.0. The van der Waals surface area contributed by atoms with Gasteiger partial charge in [-0.1, -0.05) is 92.7 Å². The van der Waals surface area contributed by atoms with E-state index in [1.165, 1.54) is 59.7 Å². The fourth-order valence-corrected chi connectivity index (χ4v) is 10.8. The van der Waals surface area contributed by atoms with Crippen molar-refractivity contribution in [1.82, 2.24) is 0 Å². The van der Waals surface area contributed by atoms with Gasteiger partial charge in [-0.3, -0.25) is 0 Å². The van der Waals surface area contributed by atoms with Crippen LogP contribution in [0.3, 0.4) is 0 Å². The number of allylic oxidation sites excluding steroid dienone is 7. The van der Waals surface area contributed by atoms with E-state index in [4.69, 9.17) is 4.74 Å². The molecule has 2 heterocycles. The average molecular weight is 741 g/mol. The molecule has 0 saturated carbocycles. The van der Waals surface area contributed by atoms with Crippen LogP contribution in [0.1, 0.15) is 65.5 Å². The summed E-state index contributed by atoms with van der Waals surface area (Å²) in [6, 6.07) is 48.2. The summed E-state index contributed by atoms with van der Waals surface area (Å²) in [7, 11) is -0.218. The molecule has 0 atom stereocenters. The highest BCUT2D eigenvalue weighted by atomic mass is 32.2. The third-order valence-corrected chi connectivity index (χ3v) is 13.8. The molecule has 0 saturated heterocycles. The fraction of sp³-hybridized carbons (Fsp3) is 0.235. The largest absolute Gasteiger partial charge is 0.457 e. The lowest BCUT2D eigenvalue weighted by molar-refractivity contribution is -0.433. The maximum Gasteiger partial charge on any atom is 0.209 e. The molecule has 0 fully saturated rings. The van der Waals surface area contributed by atoms with Crippen molar-refractivity contribution in [3.8, 4) is 5.75 Å². The summed E-state index contributed by atoms with van der Waals surface area (Å²) in [4.78, 5) is 6.35. The maximum atomic E-state index is 7.01. The van der Waals surface area contributed by atoms with Gasteiger partial charge in [0.05, 0.1) is 16.3 Å². The minimum atomic E-state index is -0.218. The Labute approximate surface area is 331 Å². The van der Waals surface area contributed by atoms with Crippen molar-refractivity contribution in [2.24, 2.45) is 0 Å². The van der Waals surface area contributed by atoms with E-state index in [2.05, 4.69) is 209 Å². The van der Waals surface area contributed by atoms with Crippen LogP contribution in [-0.2, 0) is 21.7 Å². The predicted octanol–water partition coefficient (Wildman–Crippen LogP) is 12.5. The van der Waals surface area contributed by atoms with Gasteiger partial charge in [0.15, 0.2) is 20.4 Å². The molecule has 276 valence electrons.